The lowest BCUT2D eigenvalue weighted by Crippen LogP contribution is -2.56. The van der Waals surface area contributed by atoms with Crippen molar-refractivity contribution in [1.29, 1.82) is 0 Å². The summed E-state index contributed by atoms with van der Waals surface area (Å²) in [5.41, 5.74) is -0.0757. The molecule has 12 heteroatoms. The molecule has 0 aliphatic heterocycles. The summed E-state index contributed by atoms with van der Waals surface area (Å²) in [6.45, 7) is 6.08. The molecular weight excluding hydrogens is 663 g/mol. The monoisotopic (exact) mass is 699 g/mol. The van der Waals surface area contributed by atoms with Gasteiger partial charge in [-0.1, -0.05) is 77.8 Å². The number of sulfonamides is 1. The third-order valence-electron chi connectivity index (χ3n) is 7.36. The molecule has 0 aliphatic carbocycles. The second kappa shape index (κ2) is 14.8. The number of alkyl halides is 3. The summed E-state index contributed by atoms with van der Waals surface area (Å²) in [6.07, 6.45) is -4.70. The molecular formula is C36H37ClF3N3O4S. The summed E-state index contributed by atoms with van der Waals surface area (Å²) in [7, 11) is -4.58. The molecule has 0 fully saturated rings. The van der Waals surface area contributed by atoms with E-state index in [0.29, 0.717) is 21.0 Å². The Hall–Kier alpha value is -4.35. The van der Waals surface area contributed by atoms with Gasteiger partial charge in [0.1, 0.15) is 12.6 Å². The van der Waals surface area contributed by atoms with Crippen molar-refractivity contribution in [2.24, 2.45) is 0 Å². The molecule has 0 aromatic heterocycles. The number of nitrogens with one attached hydrogen (secondary N) is 1. The molecule has 2 amide bonds. The Labute approximate surface area is 284 Å². The van der Waals surface area contributed by atoms with Crippen molar-refractivity contribution in [1.82, 2.24) is 10.2 Å². The van der Waals surface area contributed by atoms with Crippen LogP contribution in [0.15, 0.2) is 108 Å². The van der Waals surface area contributed by atoms with E-state index in [2.05, 4.69) is 5.32 Å². The molecule has 4 aromatic carbocycles. The van der Waals surface area contributed by atoms with Crippen LogP contribution in [0.1, 0.15) is 43.0 Å². The van der Waals surface area contributed by atoms with E-state index in [1.165, 1.54) is 23.1 Å². The number of halogens is 4. The maximum atomic E-state index is 14.5. The van der Waals surface area contributed by atoms with Gasteiger partial charge in [0.25, 0.3) is 10.0 Å². The van der Waals surface area contributed by atoms with E-state index in [0.717, 1.165) is 23.3 Å². The summed E-state index contributed by atoms with van der Waals surface area (Å²) >= 11 is 6.26. The number of carbonyl (C=O) groups excluding carboxylic acids is 2. The van der Waals surface area contributed by atoms with Crippen LogP contribution in [0.4, 0.5) is 18.9 Å². The second-order valence-electron chi connectivity index (χ2n) is 12.5. The zero-order chi connectivity index (χ0) is 35.3. The van der Waals surface area contributed by atoms with Crippen molar-refractivity contribution in [3.8, 4) is 0 Å². The molecule has 0 saturated heterocycles. The van der Waals surface area contributed by atoms with Gasteiger partial charge in [0, 0.05) is 23.5 Å². The van der Waals surface area contributed by atoms with Gasteiger partial charge >= 0.3 is 6.18 Å². The number of nitrogens with zero attached hydrogens (tertiary/aromatic N) is 2. The minimum Gasteiger partial charge on any atom is -0.350 e. The van der Waals surface area contributed by atoms with Gasteiger partial charge < -0.3 is 10.2 Å². The first-order valence-electron chi connectivity index (χ1n) is 15.1. The molecule has 4 aromatic rings. The number of amides is 2. The first-order valence-corrected chi connectivity index (χ1v) is 16.9. The van der Waals surface area contributed by atoms with Crippen molar-refractivity contribution in [2.45, 2.75) is 63.3 Å². The fraction of sp³-hybridized carbons (Fsp3) is 0.278. The van der Waals surface area contributed by atoms with E-state index in [1.807, 2.05) is 6.07 Å². The SMILES string of the molecule is Cc1ccc(S(=O)(=O)N(CC(=O)N(Cc2cccc(Cl)c2)[C@@H](Cc2ccccc2)C(=O)NC(C)(C)C)c2cccc(C(F)(F)F)c2)cc1. The highest BCUT2D eigenvalue weighted by Crippen LogP contribution is 2.33. The standard InChI is InChI=1S/C36H37ClF3N3O4S/c1-25-16-18-31(19-17-25)48(46,47)43(30-15-9-13-28(22-30)36(38,39)40)24-33(44)42(23-27-12-8-14-29(37)20-27)32(34(45)41-35(2,3)4)21-26-10-6-5-7-11-26/h5-20,22,32H,21,23-24H2,1-4H3,(H,41,45)/t32-/m0/s1. The zero-order valence-corrected chi connectivity index (χ0v) is 28.5. The van der Waals surface area contributed by atoms with E-state index >= 15 is 0 Å². The molecule has 0 unspecified atom stereocenters. The Kier molecular flexibility index (Phi) is 11.3. The lowest BCUT2D eigenvalue weighted by atomic mass is 10.0. The van der Waals surface area contributed by atoms with Crippen LogP contribution in [0.3, 0.4) is 0 Å². The summed E-state index contributed by atoms with van der Waals surface area (Å²) in [5.74, 6) is -1.30. The topological polar surface area (TPSA) is 86.8 Å². The molecule has 7 nitrogen and oxygen atoms in total. The van der Waals surface area contributed by atoms with E-state index in [9.17, 15) is 31.2 Å². The highest BCUT2D eigenvalue weighted by Gasteiger charge is 2.37. The fourth-order valence-electron chi connectivity index (χ4n) is 5.04. The van der Waals surface area contributed by atoms with Crippen LogP contribution in [0, 0.1) is 6.92 Å². The van der Waals surface area contributed by atoms with Gasteiger partial charge in [-0.2, -0.15) is 13.2 Å². The van der Waals surface area contributed by atoms with Gasteiger partial charge in [0.15, 0.2) is 0 Å². The maximum Gasteiger partial charge on any atom is 0.416 e. The zero-order valence-electron chi connectivity index (χ0n) is 27.0. The lowest BCUT2D eigenvalue weighted by molar-refractivity contribution is -0.140. The average Bonchev–Trinajstić information content (AvgIpc) is 3.01. The van der Waals surface area contributed by atoms with Gasteiger partial charge in [-0.25, -0.2) is 8.42 Å². The van der Waals surface area contributed by atoms with Crippen molar-refractivity contribution >= 4 is 39.1 Å². The maximum absolute atomic E-state index is 14.5. The first-order chi connectivity index (χ1) is 22.4. The fourth-order valence-corrected chi connectivity index (χ4v) is 6.66. The Morgan fingerprint density at radius 1 is 0.833 bits per heavy atom. The quantitative estimate of drug-likeness (QED) is 0.177. The van der Waals surface area contributed by atoms with E-state index in [1.54, 1.807) is 88.4 Å². The summed E-state index contributed by atoms with van der Waals surface area (Å²) < 4.78 is 70.3. The Morgan fingerprint density at radius 3 is 2.06 bits per heavy atom. The van der Waals surface area contributed by atoms with E-state index < -0.39 is 51.7 Å². The van der Waals surface area contributed by atoms with E-state index in [4.69, 9.17) is 11.6 Å². The normalized spacial score (nSPS) is 12.7. The Morgan fingerprint density at radius 2 is 1.46 bits per heavy atom. The highest BCUT2D eigenvalue weighted by molar-refractivity contribution is 7.92. The summed E-state index contributed by atoms with van der Waals surface area (Å²) in [6, 6.07) is 24.1. The van der Waals surface area contributed by atoms with Gasteiger partial charge in [-0.15, -0.1) is 0 Å². The Balaban J connectivity index is 1.86. The largest absolute Gasteiger partial charge is 0.416 e. The molecule has 0 radical (unpaired) electrons. The lowest BCUT2D eigenvalue weighted by Gasteiger charge is -2.35. The molecule has 0 aliphatic rings. The molecule has 254 valence electrons. The minimum atomic E-state index is -4.77. The third-order valence-corrected chi connectivity index (χ3v) is 9.38. The van der Waals surface area contributed by atoms with Crippen molar-refractivity contribution in [3.63, 3.8) is 0 Å². The first kappa shape index (κ1) is 36.5. The van der Waals surface area contributed by atoms with Crippen LogP contribution in [0.5, 0.6) is 0 Å². The van der Waals surface area contributed by atoms with Gasteiger partial charge in [0.2, 0.25) is 11.8 Å². The van der Waals surface area contributed by atoms with Gasteiger partial charge in [0.05, 0.1) is 16.1 Å². The van der Waals surface area contributed by atoms with Gasteiger partial charge in [-0.05, 0) is 81.3 Å². The predicted molar refractivity (Wildman–Crippen MR) is 181 cm³/mol. The van der Waals surface area contributed by atoms with Crippen LogP contribution >= 0.6 is 11.6 Å². The summed E-state index contributed by atoms with van der Waals surface area (Å²) in [4.78, 5) is 29.5. The molecule has 48 heavy (non-hydrogen) atoms. The molecule has 0 heterocycles. The number of benzene rings is 4. The predicted octanol–water partition coefficient (Wildman–Crippen LogP) is 7.42. The third kappa shape index (κ3) is 9.60. The van der Waals surface area contributed by atoms with Crippen molar-refractivity contribution < 1.29 is 31.2 Å². The van der Waals surface area contributed by atoms with Crippen LogP contribution in [0.25, 0.3) is 0 Å². The van der Waals surface area contributed by atoms with Crippen LogP contribution in [0.2, 0.25) is 5.02 Å². The number of hydrogen-bond acceptors (Lipinski definition) is 4. The molecule has 1 N–H and O–H groups in total. The second-order valence-corrected chi connectivity index (χ2v) is 14.8. The Bertz CT molecular complexity index is 1840. The minimum absolute atomic E-state index is 0.0727. The molecule has 0 bridgehead atoms. The van der Waals surface area contributed by atoms with E-state index in [-0.39, 0.29) is 23.5 Å². The number of hydrogen-bond donors (Lipinski definition) is 1. The molecule has 4 rings (SSSR count). The summed E-state index contributed by atoms with van der Waals surface area (Å²) in [5, 5.41) is 3.31. The average molecular weight is 700 g/mol. The highest BCUT2D eigenvalue weighted by atomic mass is 35.5. The van der Waals surface area contributed by atoms with Crippen LogP contribution in [-0.4, -0.2) is 43.3 Å². The number of anilines is 1. The van der Waals surface area contributed by atoms with Gasteiger partial charge in [-0.3, -0.25) is 13.9 Å². The van der Waals surface area contributed by atoms with Crippen LogP contribution in [-0.2, 0) is 38.8 Å². The number of carbonyl (C=O) groups is 2. The molecule has 0 saturated carbocycles. The smallest absolute Gasteiger partial charge is 0.350 e. The molecule has 1 atom stereocenters. The van der Waals surface area contributed by atoms with Crippen molar-refractivity contribution in [2.75, 3.05) is 10.8 Å². The number of rotatable bonds is 11. The molecule has 0 spiro atoms. The number of aryl methyl sites for hydroxylation is 1. The van der Waals surface area contributed by atoms with Crippen molar-refractivity contribution in [3.05, 3.63) is 130 Å². The van der Waals surface area contributed by atoms with Crippen LogP contribution < -0.4 is 9.62 Å².